The van der Waals surface area contributed by atoms with Gasteiger partial charge in [-0.3, -0.25) is 4.79 Å². The first kappa shape index (κ1) is 26.7. The van der Waals surface area contributed by atoms with Crippen molar-refractivity contribution in [1.29, 1.82) is 0 Å². The van der Waals surface area contributed by atoms with Crippen molar-refractivity contribution in [3.8, 4) is 0 Å². The van der Waals surface area contributed by atoms with Gasteiger partial charge in [0.1, 0.15) is 12.6 Å². The highest BCUT2D eigenvalue weighted by molar-refractivity contribution is 5.83. The number of benzene rings is 2. The molecule has 0 aliphatic rings. The molecular weight excluding hydrogens is 453 g/mol. The van der Waals surface area contributed by atoms with Gasteiger partial charge in [0, 0.05) is 19.4 Å². The molecule has 0 bridgehead atoms. The van der Waals surface area contributed by atoms with Crippen molar-refractivity contribution < 1.29 is 37.4 Å². The molecule has 7 nitrogen and oxygen atoms in total. The third-order valence-electron chi connectivity index (χ3n) is 4.92. The Morgan fingerprint density at radius 1 is 0.912 bits per heavy atom. The van der Waals surface area contributed by atoms with Crippen LogP contribution in [0.4, 0.5) is 18.0 Å². The molecule has 0 aromatic heterocycles. The van der Waals surface area contributed by atoms with E-state index in [4.69, 9.17) is 4.74 Å². The first-order valence-electron chi connectivity index (χ1n) is 10.8. The molecule has 0 aliphatic heterocycles. The van der Waals surface area contributed by atoms with Gasteiger partial charge in [0.25, 0.3) is 0 Å². The number of aliphatic carboxylic acids is 1. The molecule has 2 amide bonds. The van der Waals surface area contributed by atoms with Crippen molar-refractivity contribution in [1.82, 2.24) is 10.6 Å². The number of hydrogen-bond acceptors (Lipinski definition) is 4. The fraction of sp³-hybridized carbons (Fsp3) is 0.375. The van der Waals surface area contributed by atoms with E-state index in [1.807, 2.05) is 30.3 Å². The fourth-order valence-electron chi connectivity index (χ4n) is 3.08. The average molecular weight is 480 g/mol. The van der Waals surface area contributed by atoms with E-state index in [2.05, 4.69) is 10.6 Å². The predicted molar refractivity (Wildman–Crippen MR) is 118 cm³/mol. The van der Waals surface area contributed by atoms with E-state index in [9.17, 15) is 32.7 Å². The van der Waals surface area contributed by atoms with Crippen molar-refractivity contribution in [2.75, 3.05) is 6.54 Å². The van der Waals surface area contributed by atoms with Gasteiger partial charge in [-0.15, -0.1) is 0 Å². The number of halogens is 3. The Morgan fingerprint density at radius 3 is 2.21 bits per heavy atom. The van der Waals surface area contributed by atoms with Gasteiger partial charge in [-0.05, 0) is 36.1 Å². The quantitative estimate of drug-likeness (QED) is 0.393. The second-order valence-corrected chi connectivity index (χ2v) is 7.66. The molecule has 2 aromatic carbocycles. The monoisotopic (exact) mass is 480 g/mol. The lowest BCUT2D eigenvalue weighted by Crippen LogP contribution is -2.42. The number of carboxylic acids is 1. The molecule has 0 aliphatic carbocycles. The van der Waals surface area contributed by atoms with Crippen LogP contribution in [0.2, 0.25) is 0 Å². The number of alkyl carbamates (subject to hydrolysis) is 1. The number of unbranched alkanes of at least 4 members (excludes halogenated alkanes) is 2. The maximum Gasteiger partial charge on any atom is 0.416 e. The summed E-state index contributed by atoms with van der Waals surface area (Å²) in [7, 11) is 0. The topological polar surface area (TPSA) is 105 Å². The van der Waals surface area contributed by atoms with E-state index in [0.29, 0.717) is 31.4 Å². The summed E-state index contributed by atoms with van der Waals surface area (Å²) in [6.07, 6.45) is -3.32. The summed E-state index contributed by atoms with van der Waals surface area (Å²) in [5.41, 5.74) is 0.415. The molecule has 0 unspecified atom stereocenters. The molecule has 0 saturated carbocycles. The van der Waals surface area contributed by atoms with E-state index >= 15 is 0 Å². The van der Waals surface area contributed by atoms with E-state index in [1.54, 1.807) is 0 Å². The summed E-state index contributed by atoms with van der Waals surface area (Å²) < 4.78 is 43.0. The summed E-state index contributed by atoms with van der Waals surface area (Å²) in [5.74, 6) is -1.74. The number of ether oxygens (including phenoxy) is 1. The van der Waals surface area contributed by atoms with Crippen LogP contribution in [0, 0.1) is 0 Å². The Balaban J connectivity index is 1.63. The van der Waals surface area contributed by atoms with Crippen molar-refractivity contribution >= 4 is 18.0 Å². The van der Waals surface area contributed by atoms with Crippen LogP contribution >= 0.6 is 0 Å². The maximum atomic E-state index is 12.6. The van der Waals surface area contributed by atoms with Crippen molar-refractivity contribution in [3.05, 3.63) is 71.3 Å². The number of carboxylic acid groups (broad SMARTS) is 1. The van der Waals surface area contributed by atoms with Crippen LogP contribution in [0.25, 0.3) is 0 Å². The first-order chi connectivity index (χ1) is 16.1. The minimum Gasteiger partial charge on any atom is -0.480 e. The molecule has 3 N–H and O–H groups in total. The van der Waals surface area contributed by atoms with Gasteiger partial charge in [0.2, 0.25) is 5.91 Å². The Morgan fingerprint density at radius 2 is 1.59 bits per heavy atom. The molecule has 184 valence electrons. The standard InChI is InChI=1S/C24H27F3N2O5/c25-24(26,27)19-12-10-17(11-13-19)15-20(22(31)32)29-21(30)9-5-2-6-14-28-23(33)34-16-18-7-3-1-4-8-18/h1,3-4,7-8,10-13,20H,2,5-6,9,14-16H2,(H,28,33)(H,29,30)(H,31,32)/t20-/m1/s1. The molecule has 0 spiro atoms. The number of amides is 2. The lowest BCUT2D eigenvalue weighted by molar-refractivity contribution is -0.141. The summed E-state index contributed by atoms with van der Waals surface area (Å²) in [6, 6.07) is 12.2. The minimum absolute atomic E-state index is 0.0925. The number of carbonyl (C=O) groups excluding carboxylic acids is 2. The van der Waals surface area contributed by atoms with Crippen molar-refractivity contribution in [2.24, 2.45) is 0 Å². The molecular formula is C24H27F3N2O5. The highest BCUT2D eigenvalue weighted by atomic mass is 19.4. The van der Waals surface area contributed by atoms with Crippen molar-refractivity contribution in [2.45, 2.75) is 50.9 Å². The normalized spacial score (nSPS) is 12.0. The highest BCUT2D eigenvalue weighted by Gasteiger charge is 2.30. The molecule has 2 rings (SSSR count). The zero-order valence-corrected chi connectivity index (χ0v) is 18.4. The first-order valence-corrected chi connectivity index (χ1v) is 10.8. The Labute approximate surface area is 195 Å². The van der Waals surface area contributed by atoms with Crippen LogP contribution in [-0.2, 0) is 33.5 Å². The Hall–Kier alpha value is -3.56. The number of hydrogen-bond donors (Lipinski definition) is 3. The number of carbonyl (C=O) groups is 3. The molecule has 0 heterocycles. The van der Waals surface area contributed by atoms with Crippen LogP contribution in [0.3, 0.4) is 0 Å². The minimum atomic E-state index is -4.48. The number of nitrogens with one attached hydrogen (secondary N) is 2. The molecule has 0 saturated heterocycles. The SMILES string of the molecule is O=C(CCCCCNC(=O)OCc1ccccc1)N[C@H](Cc1ccc(C(F)(F)F)cc1)C(=O)O. The van der Waals surface area contributed by atoms with Crippen LogP contribution in [0.1, 0.15) is 42.4 Å². The lowest BCUT2D eigenvalue weighted by atomic mass is 10.0. The molecule has 2 aromatic rings. The molecule has 34 heavy (non-hydrogen) atoms. The second kappa shape index (κ2) is 13.2. The zero-order chi connectivity index (χ0) is 25.0. The van der Waals surface area contributed by atoms with Gasteiger partial charge in [-0.2, -0.15) is 13.2 Å². The van der Waals surface area contributed by atoms with Gasteiger partial charge < -0.3 is 20.5 Å². The van der Waals surface area contributed by atoms with Gasteiger partial charge in [-0.25, -0.2) is 9.59 Å². The maximum absolute atomic E-state index is 12.6. The summed E-state index contributed by atoms with van der Waals surface area (Å²) in [4.78, 5) is 35.2. The van der Waals surface area contributed by atoms with Crippen LogP contribution in [0.15, 0.2) is 54.6 Å². The van der Waals surface area contributed by atoms with E-state index in [0.717, 1.165) is 17.7 Å². The number of alkyl halides is 3. The lowest BCUT2D eigenvalue weighted by Gasteiger charge is -2.15. The largest absolute Gasteiger partial charge is 0.480 e. The Bertz CT molecular complexity index is 934. The molecule has 0 radical (unpaired) electrons. The molecule has 1 atom stereocenters. The smallest absolute Gasteiger partial charge is 0.416 e. The summed E-state index contributed by atoms with van der Waals surface area (Å²) in [6.45, 7) is 0.547. The van der Waals surface area contributed by atoms with Crippen LogP contribution in [0.5, 0.6) is 0 Å². The van der Waals surface area contributed by atoms with E-state index < -0.39 is 35.8 Å². The van der Waals surface area contributed by atoms with Gasteiger partial charge in [0.15, 0.2) is 0 Å². The van der Waals surface area contributed by atoms with Crippen LogP contribution < -0.4 is 10.6 Å². The van der Waals surface area contributed by atoms with E-state index in [1.165, 1.54) is 12.1 Å². The summed E-state index contributed by atoms with van der Waals surface area (Å²) >= 11 is 0. The predicted octanol–water partition coefficient (Wildman–Crippen LogP) is 4.30. The van der Waals surface area contributed by atoms with Gasteiger partial charge >= 0.3 is 18.2 Å². The summed E-state index contributed by atoms with van der Waals surface area (Å²) in [5, 5.41) is 14.4. The third kappa shape index (κ3) is 9.93. The van der Waals surface area contributed by atoms with Gasteiger partial charge in [-0.1, -0.05) is 48.9 Å². The Kier molecular flexibility index (Phi) is 10.4. The van der Waals surface area contributed by atoms with Gasteiger partial charge in [0.05, 0.1) is 5.56 Å². The highest BCUT2D eigenvalue weighted by Crippen LogP contribution is 2.29. The zero-order valence-electron chi connectivity index (χ0n) is 18.4. The number of rotatable bonds is 12. The van der Waals surface area contributed by atoms with Crippen LogP contribution in [-0.4, -0.2) is 35.7 Å². The van der Waals surface area contributed by atoms with E-state index in [-0.39, 0.29) is 19.4 Å². The average Bonchev–Trinajstić information content (AvgIpc) is 2.80. The van der Waals surface area contributed by atoms with Crippen molar-refractivity contribution in [3.63, 3.8) is 0 Å². The fourth-order valence-corrected chi connectivity index (χ4v) is 3.08. The molecule has 10 heteroatoms. The molecule has 0 fully saturated rings. The second-order valence-electron chi connectivity index (χ2n) is 7.66. The third-order valence-corrected chi connectivity index (χ3v) is 4.92.